The molecule has 0 amide bonds. The van der Waals surface area contributed by atoms with Crippen LogP contribution >= 0.6 is 0 Å². The molecule has 1 rings (SSSR count). The molecular formula is C11H12F3NO2. The van der Waals surface area contributed by atoms with E-state index in [-0.39, 0.29) is 12.2 Å². The van der Waals surface area contributed by atoms with E-state index in [9.17, 15) is 18.3 Å². The van der Waals surface area contributed by atoms with Gasteiger partial charge in [-0.2, -0.15) is 13.2 Å². The van der Waals surface area contributed by atoms with Crippen LogP contribution in [-0.2, 0) is 10.9 Å². The van der Waals surface area contributed by atoms with E-state index in [1.54, 1.807) is 6.92 Å². The number of aliphatic hydroxyl groups is 1. The Balaban J connectivity index is 3.09. The molecule has 0 aliphatic heterocycles. The molecule has 0 saturated carbocycles. The first-order chi connectivity index (χ1) is 7.88. The van der Waals surface area contributed by atoms with Crippen LogP contribution in [0, 0.1) is 5.41 Å². The number of benzene rings is 1. The maximum Gasteiger partial charge on any atom is 0.416 e. The Bertz CT molecular complexity index is 404. The van der Waals surface area contributed by atoms with E-state index in [1.165, 1.54) is 12.1 Å². The van der Waals surface area contributed by atoms with Gasteiger partial charge in [0.05, 0.1) is 12.2 Å². The van der Waals surface area contributed by atoms with Crippen molar-refractivity contribution in [1.29, 1.82) is 5.41 Å². The lowest BCUT2D eigenvalue weighted by molar-refractivity contribution is -0.138. The number of alkyl halides is 3. The molecular weight excluding hydrogens is 235 g/mol. The van der Waals surface area contributed by atoms with Crippen molar-refractivity contribution < 1.29 is 23.0 Å². The summed E-state index contributed by atoms with van der Waals surface area (Å²) in [6.45, 7) is 1.70. The molecule has 0 saturated heterocycles. The van der Waals surface area contributed by atoms with Gasteiger partial charge in [-0.05, 0) is 13.0 Å². The molecule has 0 bridgehead atoms. The topological polar surface area (TPSA) is 53.3 Å². The lowest BCUT2D eigenvalue weighted by Gasteiger charge is -2.17. The summed E-state index contributed by atoms with van der Waals surface area (Å²) in [6.07, 6.45) is -6.27. The zero-order chi connectivity index (χ0) is 13.1. The predicted octanol–water partition coefficient (Wildman–Crippen LogP) is 2.75. The van der Waals surface area contributed by atoms with Crippen LogP contribution in [0.1, 0.15) is 24.2 Å². The number of aliphatic hydroxyl groups excluding tert-OH is 1. The molecule has 2 N–H and O–H groups in total. The molecule has 0 heterocycles. The summed E-state index contributed by atoms with van der Waals surface area (Å²) in [5.41, 5.74) is -1.34. The Labute approximate surface area is 96.3 Å². The van der Waals surface area contributed by atoms with Crippen LogP contribution < -0.4 is 0 Å². The third-order valence-corrected chi connectivity index (χ3v) is 2.11. The third-order valence-electron chi connectivity index (χ3n) is 2.11. The summed E-state index contributed by atoms with van der Waals surface area (Å²) in [5, 5.41) is 16.9. The lowest BCUT2D eigenvalue weighted by Crippen LogP contribution is -2.19. The molecule has 1 atom stereocenters. The minimum absolute atomic E-state index is 0.115. The van der Waals surface area contributed by atoms with Crippen LogP contribution in [0.15, 0.2) is 24.3 Å². The number of rotatable bonds is 3. The van der Waals surface area contributed by atoms with Crippen LogP contribution in [0.25, 0.3) is 0 Å². The SMILES string of the molecule is CCOC(=N)[C@@H](O)c1ccccc1C(F)(F)F. The number of hydrogen-bond donors (Lipinski definition) is 2. The standard InChI is InChI=1S/C11H12F3NO2/c1-2-17-10(15)9(16)7-5-3-4-6-8(7)11(12,13)14/h3-6,9,15-16H,2H2,1H3/t9-/m0/s1. The van der Waals surface area contributed by atoms with Gasteiger partial charge in [0.15, 0.2) is 6.10 Å². The second-order valence-electron chi connectivity index (χ2n) is 3.28. The minimum Gasteiger partial charge on any atom is -0.479 e. The number of ether oxygens (including phenoxy) is 1. The molecule has 0 aliphatic carbocycles. The van der Waals surface area contributed by atoms with Gasteiger partial charge in [0, 0.05) is 5.56 Å². The quantitative estimate of drug-likeness (QED) is 0.637. The number of nitrogens with one attached hydrogen (secondary N) is 1. The first-order valence-electron chi connectivity index (χ1n) is 4.93. The first kappa shape index (κ1) is 13.5. The highest BCUT2D eigenvalue weighted by Gasteiger charge is 2.35. The van der Waals surface area contributed by atoms with Gasteiger partial charge in [0.25, 0.3) is 0 Å². The molecule has 0 fully saturated rings. The van der Waals surface area contributed by atoms with E-state index in [2.05, 4.69) is 0 Å². The Morgan fingerprint density at radius 2 is 2.00 bits per heavy atom. The van der Waals surface area contributed by atoms with Gasteiger partial charge in [0.2, 0.25) is 5.90 Å². The summed E-state index contributed by atoms with van der Waals surface area (Å²) < 4.78 is 42.6. The van der Waals surface area contributed by atoms with Gasteiger partial charge in [-0.25, -0.2) is 0 Å². The molecule has 0 unspecified atom stereocenters. The van der Waals surface area contributed by atoms with Crippen LogP contribution in [0.5, 0.6) is 0 Å². The molecule has 6 heteroatoms. The number of halogens is 3. The number of hydrogen-bond acceptors (Lipinski definition) is 3. The summed E-state index contributed by atoms with van der Waals surface area (Å²) in [5.74, 6) is -0.593. The minimum atomic E-state index is -4.57. The van der Waals surface area contributed by atoms with Crippen LogP contribution in [0.3, 0.4) is 0 Å². The van der Waals surface area contributed by atoms with Gasteiger partial charge in [-0.15, -0.1) is 0 Å². The van der Waals surface area contributed by atoms with Crippen molar-refractivity contribution in [2.24, 2.45) is 0 Å². The largest absolute Gasteiger partial charge is 0.479 e. The van der Waals surface area contributed by atoms with Gasteiger partial charge in [-0.3, -0.25) is 5.41 Å². The Kier molecular flexibility index (Phi) is 4.11. The highest BCUT2D eigenvalue weighted by Crippen LogP contribution is 2.34. The fourth-order valence-corrected chi connectivity index (χ4v) is 1.37. The van der Waals surface area contributed by atoms with E-state index in [4.69, 9.17) is 10.1 Å². The van der Waals surface area contributed by atoms with E-state index in [0.29, 0.717) is 0 Å². The van der Waals surface area contributed by atoms with Gasteiger partial charge in [0.1, 0.15) is 0 Å². The van der Waals surface area contributed by atoms with Crippen molar-refractivity contribution in [3.05, 3.63) is 35.4 Å². The van der Waals surface area contributed by atoms with E-state index < -0.39 is 23.7 Å². The summed E-state index contributed by atoms with van der Waals surface area (Å²) in [4.78, 5) is 0. The Morgan fingerprint density at radius 1 is 1.41 bits per heavy atom. The van der Waals surface area contributed by atoms with Gasteiger partial charge >= 0.3 is 6.18 Å². The molecule has 3 nitrogen and oxygen atoms in total. The predicted molar refractivity (Wildman–Crippen MR) is 55.8 cm³/mol. The molecule has 94 valence electrons. The zero-order valence-corrected chi connectivity index (χ0v) is 9.08. The Morgan fingerprint density at radius 3 is 2.53 bits per heavy atom. The summed E-state index contributed by atoms with van der Waals surface area (Å²) in [7, 11) is 0. The molecule has 0 spiro atoms. The molecule has 0 aromatic heterocycles. The maximum atomic E-state index is 12.6. The van der Waals surface area contributed by atoms with Crippen LogP contribution in [-0.4, -0.2) is 17.6 Å². The molecule has 1 aromatic carbocycles. The monoisotopic (exact) mass is 247 g/mol. The normalized spacial score (nSPS) is 13.2. The van der Waals surface area contributed by atoms with Crippen molar-refractivity contribution in [2.75, 3.05) is 6.61 Å². The Hall–Kier alpha value is -1.56. The second-order valence-corrected chi connectivity index (χ2v) is 3.28. The van der Waals surface area contributed by atoms with E-state index in [1.807, 2.05) is 0 Å². The average molecular weight is 247 g/mol. The van der Waals surface area contributed by atoms with Gasteiger partial charge in [-0.1, -0.05) is 18.2 Å². The first-order valence-corrected chi connectivity index (χ1v) is 4.93. The van der Waals surface area contributed by atoms with Crippen LogP contribution in [0.4, 0.5) is 13.2 Å². The van der Waals surface area contributed by atoms with Crippen molar-refractivity contribution in [2.45, 2.75) is 19.2 Å². The average Bonchev–Trinajstić information content (AvgIpc) is 2.27. The fourth-order valence-electron chi connectivity index (χ4n) is 1.37. The lowest BCUT2D eigenvalue weighted by atomic mass is 10.0. The highest BCUT2D eigenvalue weighted by atomic mass is 19.4. The van der Waals surface area contributed by atoms with Crippen molar-refractivity contribution in [1.82, 2.24) is 0 Å². The molecule has 1 aromatic rings. The van der Waals surface area contributed by atoms with Crippen molar-refractivity contribution in [3.63, 3.8) is 0 Å². The summed E-state index contributed by atoms with van der Waals surface area (Å²) in [6, 6.07) is 4.58. The molecule has 0 radical (unpaired) electrons. The maximum absolute atomic E-state index is 12.6. The second kappa shape index (κ2) is 5.18. The fraction of sp³-hybridized carbons (Fsp3) is 0.364. The van der Waals surface area contributed by atoms with Crippen molar-refractivity contribution in [3.8, 4) is 0 Å². The van der Waals surface area contributed by atoms with Gasteiger partial charge < -0.3 is 9.84 Å². The zero-order valence-electron chi connectivity index (χ0n) is 9.08. The smallest absolute Gasteiger partial charge is 0.416 e. The third kappa shape index (κ3) is 3.20. The molecule has 17 heavy (non-hydrogen) atoms. The van der Waals surface area contributed by atoms with E-state index >= 15 is 0 Å². The van der Waals surface area contributed by atoms with E-state index in [0.717, 1.165) is 12.1 Å². The summed E-state index contributed by atoms with van der Waals surface area (Å²) >= 11 is 0. The van der Waals surface area contributed by atoms with Crippen molar-refractivity contribution >= 4 is 5.90 Å². The van der Waals surface area contributed by atoms with Crippen LogP contribution in [0.2, 0.25) is 0 Å². The highest BCUT2D eigenvalue weighted by molar-refractivity contribution is 5.79. The molecule has 0 aliphatic rings.